The van der Waals surface area contributed by atoms with E-state index in [1.54, 1.807) is 25.1 Å². The lowest BCUT2D eigenvalue weighted by atomic mass is 10.1. The third kappa shape index (κ3) is 5.83. The molecule has 1 amide bonds. The van der Waals surface area contributed by atoms with Gasteiger partial charge in [-0.25, -0.2) is 4.39 Å². The van der Waals surface area contributed by atoms with Gasteiger partial charge in [0.05, 0.1) is 6.04 Å². The fourth-order valence-electron chi connectivity index (χ4n) is 1.77. The van der Waals surface area contributed by atoms with Crippen LogP contribution < -0.4 is 10.6 Å². The number of hydrogen-bond donors (Lipinski definition) is 2. The first-order valence-electron chi connectivity index (χ1n) is 6.58. The van der Waals surface area contributed by atoms with Crippen LogP contribution in [0.15, 0.2) is 24.3 Å². The van der Waals surface area contributed by atoms with Crippen molar-refractivity contribution < 1.29 is 9.18 Å². The predicted octanol–water partition coefficient (Wildman–Crippen LogP) is 2.78. The van der Waals surface area contributed by atoms with Crippen molar-refractivity contribution in [3.63, 3.8) is 0 Å². The molecule has 1 aromatic carbocycles. The van der Waals surface area contributed by atoms with E-state index in [0.717, 1.165) is 0 Å². The molecule has 0 aliphatic heterocycles. The van der Waals surface area contributed by atoms with Gasteiger partial charge in [-0.1, -0.05) is 18.2 Å². The van der Waals surface area contributed by atoms with E-state index in [1.165, 1.54) is 6.07 Å². The Kier molecular flexibility index (Phi) is 5.48. The predicted molar refractivity (Wildman–Crippen MR) is 75.3 cm³/mol. The number of carbonyl (C=O) groups is 1. The molecular formula is C15H23FN2O. The van der Waals surface area contributed by atoms with Crippen molar-refractivity contribution in [2.75, 3.05) is 6.54 Å². The summed E-state index contributed by atoms with van der Waals surface area (Å²) in [6, 6.07) is 6.18. The molecule has 1 aromatic rings. The minimum Gasteiger partial charge on any atom is -0.349 e. The highest BCUT2D eigenvalue weighted by Crippen LogP contribution is 2.15. The molecule has 0 fully saturated rings. The van der Waals surface area contributed by atoms with Gasteiger partial charge in [0, 0.05) is 24.1 Å². The van der Waals surface area contributed by atoms with Gasteiger partial charge in [-0.15, -0.1) is 0 Å². The van der Waals surface area contributed by atoms with Crippen LogP contribution in [0.4, 0.5) is 4.39 Å². The normalized spacial score (nSPS) is 13.1. The van der Waals surface area contributed by atoms with Gasteiger partial charge in [0.15, 0.2) is 0 Å². The Hall–Kier alpha value is -1.42. The molecule has 0 bridgehead atoms. The summed E-state index contributed by atoms with van der Waals surface area (Å²) in [6.45, 7) is 8.54. The number of benzene rings is 1. The second-order valence-corrected chi connectivity index (χ2v) is 5.74. The Morgan fingerprint density at radius 2 is 1.95 bits per heavy atom. The number of carbonyl (C=O) groups excluding carboxylic acids is 1. The molecule has 0 spiro atoms. The Balaban J connectivity index is 2.43. The van der Waals surface area contributed by atoms with Crippen LogP contribution in [0.1, 0.15) is 45.7 Å². The van der Waals surface area contributed by atoms with E-state index < -0.39 is 0 Å². The Labute approximate surface area is 114 Å². The number of halogens is 1. The summed E-state index contributed by atoms with van der Waals surface area (Å²) >= 11 is 0. The molecule has 19 heavy (non-hydrogen) atoms. The molecule has 0 heterocycles. The lowest BCUT2D eigenvalue weighted by Gasteiger charge is -2.21. The maximum Gasteiger partial charge on any atom is 0.221 e. The van der Waals surface area contributed by atoms with E-state index in [-0.39, 0.29) is 23.3 Å². The number of nitrogens with one attached hydrogen (secondary N) is 2. The number of amides is 1. The van der Waals surface area contributed by atoms with Crippen molar-refractivity contribution in [1.29, 1.82) is 0 Å². The van der Waals surface area contributed by atoms with Crippen molar-refractivity contribution in [3.05, 3.63) is 35.6 Å². The molecule has 2 N–H and O–H groups in total. The van der Waals surface area contributed by atoms with Crippen molar-refractivity contribution in [1.82, 2.24) is 10.6 Å². The van der Waals surface area contributed by atoms with E-state index in [0.29, 0.717) is 18.5 Å². The average molecular weight is 266 g/mol. The van der Waals surface area contributed by atoms with Gasteiger partial charge in [-0.3, -0.25) is 4.79 Å². The second kappa shape index (κ2) is 6.66. The number of rotatable bonds is 5. The first-order chi connectivity index (χ1) is 8.79. The van der Waals surface area contributed by atoms with Gasteiger partial charge in [0.1, 0.15) is 5.82 Å². The lowest BCUT2D eigenvalue weighted by molar-refractivity contribution is -0.121. The number of hydrogen-bond acceptors (Lipinski definition) is 2. The Morgan fingerprint density at radius 3 is 2.53 bits per heavy atom. The molecule has 1 unspecified atom stereocenters. The molecule has 1 rings (SSSR count). The van der Waals surface area contributed by atoms with Crippen LogP contribution in [0.5, 0.6) is 0 Å². The summed E-state index contributed by atoms with van der Waals surface area (Å²) in [5.74, 6) is -0.365. The van der Waals surface area contributed by atoms with Gasteiger partial charge in [0.25, 0.3) is 0 Å². The first kappa shape index (κ1) is 15.6. The molecule has 3 nitrogen and oxygen atoms in total. The van der Waals surface area contributed by atoms with E-state index in [1.807, 2.05) is 20.8 Å². The molecule has 106 valence electrons. The van der Waals surface area contributed by atoms with Crippen LogP contribution in [0.25, 0.3) is 0 Å². The van der Waals surface area contributed by atoms with Crippen LogP contribution in [-0.4, -0.2) is 18.0 Å². The van der Waals surface area contributed by atoms with Crippen molar-refractivity contribution in [2.45, 2.75) is 45.7 Å². The van der Waals surface area contributed by atoms with E-state index in [2.05, 4.69) is 10.6 Å². The lowest BCUT2D eigenvalue weighted by Crippen LogP contribution is -2.38. The van der Waals surface area contributed by atoms with Gasteiger partial charge in [0.2, 0.25) is 5.91 Å². The van der Waals surface area contributed by atoms with Crippen molar-refractivity contribution in [2.24, 2.45) is 0 Å². The third-order valence-corrected chi connectivity index (χ3v) is 2.76. The van der Waals surface area contributed by atoms with Crippen LogP contribution in [0.2, 0.25) is 0 Å². The third-order valence-electron chi connectivity index (χ3n) is 2.76. The quantitative estimate of drug-likeness (QED) is 0.860. The second-order valence-electron chi connectivity index (χ2n) is 5.74. The molecule has 0 aromatic heterocycles. The monoisotopic (exact) mass is 266 g/mol. The molecular weight excluding hydrogens is 243 g/mol. The summed E-state index contributed by atoms with van der Waals surface area (Å²) < 4.78 is 13.5. The molecule has 0 saturated carbocycles. The zero-order chi connectivity index (χ0) is 14.5. The summed E-state index contributed by atoms with van der Waals surface area (Å²) in [4.78, 5) is 11.8. The van der Waals surface area contributed by atoms with E-state index in [9.17, 15) is 9.18 Å². The van der Waals surface area contributed by atoms with Gasteiger partial charge in [-0.05, 0) is 33.8 Å². The van der Waals surface area contributed by atoms with Crippen LogP contribution >= 0.6 is 0 Å². The van der Waals surface area contributed by atoms with Gasteiger partial charge < -0.3 is 10.6 Å². The highest BCUT2D eigenvalue weighted by Gasteiger charge is 2.14. The van der Waals surface area contributed by atoms with Crippen LogP contribution in [0, 0.1) is 5.82 Å². The topological polar surface area (TPSA) is 41.1 Å². The molecule has 0 aliphatic carbocycles. The van der Waals surface area contributed by atoms with Crippen molar-refractivity contribution >= 4 is 5.91 Å². The van der Waals surface area contributed by atoms with E-state index >= 15 is 0 Å². The van der Waals surface area contributed by atoms with E-state index in [4.69, 9.17) is 0 Å². The summed E-state index contributed by atoms with van der Waals surface area (Å²) in [5.41, 5.74) is 0.511. The average Bonchev–Trinajstić information content (AvgIpc) is 2.27. The maximum atomic E-state index is 13.5. The zero-order valence-electron chi connectivity index (χ0n) is 12.1. The molecule has 0 radical (unpaired) electrons. The minimum atomic E-state index is -0.316. The first-order valence-corrected chi connectivity index (χ1v) is 6.58. The molecule has 1 atom stereocenters. The van der Waals surface area contributed by atoms with Crippen LogP contribution in [0.3, 0.4) is 0 Å². The largest absolute Gasteiger partial charge is 0.349 e. The highest BCUT2D eigenvalue weighted by atomic mass is 19.1. The molecule has 0 saturated heterocycles. The Morgan fingerprint density at radius 1 is 1.32 bits per heavy atom. The smallest absolute Gasteiger partial charge is 0.221 e. The van der Waals surface area contributed by atoms with Crippen molar-refractivity contribution in [3.8, 4) is 0 Å². The molecule has 0 aliphatic rings. The zero-order valence-corrected chi connectivity index (χ0v) is 12.1. The minimum absolute atomic E-state index is 0.00255. The summed E-state index contributed by atoms with van der Waals surface area (Å²) in [7, 11) is 0. The highest BCUT2D eigenvalue weighted by molar-refractivity contribution is 5.76. The standard InChI is InChI=1S/C15H23FN2O/c1-11(12-7-5-6-8-13(12)16)18-14(19)9-10-17-15(2,3)4/h5-8,11,17H,9-10H2,1-4H3,(H,18,19). The SMILES string of the molecule is CC(NC(=O)CCNC(C)(C)C)c1ccccc1F. The fraction of sp³-hybridized carbons (Fsp3) is 0.533. The Bertz CT molecular complexity index is 426. The van der Waals surface area contributed by atoms with Gasteiger partial charge >= 0.3 is 0 Å². The fourth-order valence-corrected chi connectivity index (χ4v) is 1.77. The van der Waals surface area contributed by atoms with Gasteiger partial charge in [-0.2, -0.15) is 0 Å². The summed E-state index contributed by atoms with van der Waals surface area (Å²) in [5, 5.41) is 6.05. The van der Waals surface area contributed by atoms with Crippen LogP contribution in [-0.2, 0) is 4.79 Å². The maximum absolute atomic E-state index is 13.5. The summed E-state index contributed by atoms with van der Waals surface area (Å²) in [6.07, 6.45) is 0.385. The molecule has 4 heteroatoms.